The van der Waals surface area contributed by atoms with Gasteiger partial charge in [-0.25, -0.2) is 0 Å². The fourth-order valence-corrected chi connectivity index (χ4v) is 2.25. The molecule has 2 heterocycles. The zero-order valence-corrected chi connectivity index (χ0v) is 12.7. The number of nitrogens with zero attached hydrogens (tertiary/aromatic N) is 4. The second-order valence-electron chi connectivity index (χ2n) is 4.66. The summed E-state index contributed by atoms with van der Waals surface area (Å²) in [5, 5.41) is 17.1. The summed E-state index contributed by atoms with van der Waals surface area (Å²) in [6.07, 6.45) is -4.92. The van der Waals surface area contributed by atoms with Crippen molar-refractivity contribution in [3.63, 3.8) is 0 Å². The van der Waals surface area contributed by atoms with Gasteiger partial charge >= 0.3 is 6.18 Å². The Hall–Kier alpha value is -1.42. The normalized spacial score (nSPS) is 22.1. The van der Waals surface area contributed by atoms with E-state index in [9.17, 15) is 23.1 Å². The summed E-state index contributed by atoms with van der Waals surface area (Å²) in [5.41, 5.74) is -2.09. The van der Waals surface area contributed by atoms with Crippen molar-refractivity contribution in [3.8, 4) is 0 Å². The summed E-state index contributed by atoms with van der Waals surface area (Å²) < 4.78 is 40.6. The number of carbonyl (C=O) groups excluding carboxylic acids is 1. The molecule has 10 heteroatoms. The SMILES string of the molecule is Cc1nn(CC(=O)N2N=CCC2(O)C(F)(F)F)c(C)c1Br. The van der Waals surface area contributed by atoms with Crippen molar-refractivity contribution in [1.82, 2.24) is 14.8 Å². The molecular weight excluding hydrogens is 357 g/mol. The molecule has 0 radical (unpaired) electrons. The van der Waals surface area contributed by atoms with Crippen LogP contribution in [0.4, 0.5) is 13.2 Å². The number of aromatic nitrogens is 2. The first-order valence-electron chi connectivity index (χ1n) is 5.92. The number of hydrazone groups is 1. The van der Waals surface area contributed by atoms with Gasteiger partial charge in [0.1, 0.15) is 6.54 Å². The van der Waals surface area contributed by atoms with Gasteiger partial charge in [-0.2, -0.15) is 28.4 Å². The number of aliphatic hydroxyl groups is 1. The molecule has 1 atom stereocenters. The van der Waals surface area contributed by atoms with Gasteiger partial charge in [-0.05, 0) is 29.8 Å². The van der Waals surface area contributed by atoms with Crippen LogP contribution in [0.1, 0.15) is 17.8 Å². The third-order valence-electron chi connectivity index (χ3n) is 3.19. The molecule has 116 valence electrons. The minimum absolute atomic E-state index is 0.0668. The number of rotatable bonds is 2. The fraction of sp³-hybridized carbons (Fsp3) is 0.545. The van der Waals surface area contributed by atoms with Gasteiger partial charge in [0.05, 0.1) is 15.9 Å². The molecule has 1 aromatic rings. The van der Waals surface area contributed by atoms with E-state index in [0.717, 1.165) is 6.21 Å². The van der Waals surface area contributed by atoms with Crippen molar-refractivity contribution in [3.05, 3.63) is 15.9 Å². The van der Waals surface area contributed by atoms with Crippen LogP contribution in [0, 0.1) is 13.8 Å². The van der Waals surface area contributed by atoms with E-state index in [4.69, 9.17) is 0 Å². The molecule has 1 unspecified atom stereocenters. The van der Waals surface area contributed by atoms with E-state index in [-0.39, 0.29) is 5.01 Å². The Labute approximate surface area is 126 Å². The Morgan fingerprint density at radius 2 is 2.14 bits per heavy atom. The van der Waals surface area contributed by atoms with Crippen LogP contribution in [0.25, 0.3) is 0 Å². The Morgan fingerprint density at radius 3 is 2.62 bits per heavy atom. The van der Waals surface area contributed by atoms with Crippen LogP contribution in [-0.2, 0) is 11.3 Å². The first-order chi connectivity index (χ1) is 9.58. The molecule has 1 N–H and O–H groups in total. The van der Waals surface area contributed by atoms with E-state index in [1.165, 1.54) is 4.68 Å². The monoisotopic (exact) mass is 368 g/mol. The molecule has 1 amide bonds. The van der Waals surface area contributed by atoms with Crippen LogP contribution in [0.5, 0.6) is 0 Å². The van der Waals surface area contributed by atoms with Crippen LogP contribution in [0.3, 0.4) is 0 Å². The molecule has 0 spiro atoms. The molecule has 0 aromatic carbocycles. The van der Waals surface area contributed by atoms with Crippen LogP contribution in [0.15, 0.2) is 9.57 Å². The summed E-state index contributed by atoms with van der Waals surface area (Å²) in [5.74, 6) is -0.998. The van der Waals surface area contributed by atoms with Crippen molar-refractivity contribution < 1.29 is 23.1 Å². The predicted octanol–water partition coefficient (Wildman–Crippen LogP) is 1.73. The molecule has 6 nitrogen and oxygen atoms in total. The fourth-order valence-electron chi connectivity index (χ4n) is 1.96. The second-order valence-corrected chi connectivity index (χ2v) is 5.46. The van der Waals surface area contributed by atoms with Crippen LogP contribution in [0.2, 0.25) is 0 Å². The number of hydrogen-bond donors (Lipinski definition) is 1. The van der Waals surface area contributed by atoms with Crippen LogP contribution < -0.4 is 0 Å². The maximum atomic E-state index is 12.9. The quantitative estimate of drug-likeness (QED) is 0.863. The van der Waals surface area contributed by atoms with Gasteiger partial charge in [0.2, 0.25) is 0 Å². The molecule has 1 aliphatic rings. The van der Waals surface area contributed by atoms with Crippen molar-refractivity contribution in [2.45, 2.75) is 38.7 Å². The topological polar surface area (TPSA) is 70.7 Å². The third kappa shape index (κ3) is 2.57. The number of amides is 1. The van der Waals surface area contributed by atoms with Crippen molar-refractivity contribution in [2.24, 2.45) is 5.10 Å². The van der Waals surface area contributed by atoms with Crippen LogP contribution >= 0.6 is 15.9 Å². The number of alkyl halides is 3. The first-order valence-corrected chi connectivity index (χ1v) is 6.71. The molecule has 0 bridgehead atoms. The highest BCUT2D eigenvalue weighted by atomic mass is 79.9. The standard InChI is InChI=1S/C11H12BrF3N4O2/c1-6-9(12)7(2)18(17-6)5-8(20)19-10(21,3-4-16-19)11(13,14)15/h4,21H,3,5H2,1-2H3. The molecule has 1 aliphatic heterocycles. The first kappa shape index (κ1) is 16.0. The van der Waals surface area contributed by atoms with Crippen molar-refractivity contribution in [2.75, 3.05) is 0 Å². The van der Waals surface area contributed by atoms with Gasteiger partial charge in [0, 0.05) is 12.6 Å². The molecule has 0 saturated carbocycles. The average molecular weight is 369 g/mol. The molecule has 0 fully saturated rings. The van der Waals surface area contributed by atoms with E-state index >= 15 is 0 Å². The Bertz CT molecular complexity index is 613. The highest BCUT2D eigenvalue weighted by Crippen LogP contribution is 2.38. The van der Waals surface area contributed by atoms with E-state index in [0.29, 0.717) is 15.9 Å². The van der Waals surface area contributed by atoms with Gasteiger partial charge < -0.3 is 5.11 Å². The molecular formula is C11H12BrF3N4O2. The zero-order valence-electron chi connectivity index (χ0n) is 11.1. The minimum Gasteiger partial charge on any atom is -0.362 e. The second kappa shape index (κ2) is 5.09. The largest absolute Gasteiger partial charge is 0.438 e. The maximum absolute atomic E-state index is 12.9. The van der Waals surface area contributed by atoms with Gasteiger partial charge in [0.25, 0.3) is 11.6 Å². The van der Waals surface area contributed by atoms with Gasteiger partial charge in [-0.3, -0.25) is 9.48 Å². The highest BCUT2D eigenvalue weighted by Gasteiger charge is 2.61. The zero-order chi connectivity index (χ0) is 16.0. The highest BCUT2D eigenvalue weighted by molar-refractivity contribution is 9.10. The van der Waals surface area contributed by atoms with E-state index in [1.807, 2.05) is 0 Å². The number of hydrogen-bond acceptors (Lipinski definition) is 4. The van der Waals surface area contributed by atoms with E-state index in [2.05, 4.69) is 26.1 Å². The lowest BCUT2D eigenvalue weighted by Crippen LogP contribution is -2.57. The molecule has 0 aliphatic carbocycles. The Morgan fingerprint density at radius 1 is 1.52 bits per heavy atom. The summed E-state index contributed by atoms with van der Waals surface area (Å²) in [6, 6.07) is 0. The summed E-state index contributed by atoms with van der Waals surface area (Å²) in [4.78, 5) is 12.0. The lowest BCUT2D eigenvalue weighted by atomic mass is 10.1. The average Bonchev–Trinajstić information content (AvgIpc) is 2.87. The summed E-state index contributed by atoms with van der Waals surface area (Å²) >= 11 is 3.26. The molecule has 1 aromatic heterocycles. The Kier molecular flexibility index (Phi) is 3.87. The smallest absolute Gasteiger partial charge is 0.362 e. The summed E-state index contributed by atoms with van der Waals surface area (Å²) in [6.45, 7) is 2.91. The lowest BCUT2D eigenvalue weighted by molar-refractivity contribution is -0.302. The van der Waals surface area contributed by atoms with Crippen molar-refractivity contribution >= 4 is 28.1 Å². The number of carbonyl (C=O) groups is 1. The summed E-state index contributed by atoms with van der Waals surface area (Å²) in [7, 11) is 0. The molecule has 2 rings (SSSR count). The van der Waals surface area contributed by atoms with Crippen molar-refractivity contribution in [1.29, 1.82) is 0 Å². The van der Waals surface area contributed by atoms with Gasteiger partial charge in [-0.1, -0.05) is 0 Å². The third-order valence-corrected chi connectivity index (χ3v) is 4.34. The number of halogens is 4. The van der Waals surface area contributed by atoms with Gasteiger partial charge in [0.15, 0.2) is 0 Å². The van der Waals surface area contributed by atoms with Crippen LogP contribution in [-0.4, -0.2) is 43.9 Å². The van der Waals surface area contributed by atoms with E-state index < -0.39 is 30.8 Å². The Balaban J connectivity index is 2.24. The molecule has 21 heavy (non-hydrogen) atoms. The lowest BCUT2D eigenvalue weighted by Gasteiger charge is -2.32. The minimum atomic E-state index is -4.99. The van der Waals surface area contributed by atoms with Gasteiger partial charge in [-0.15, -0.1) is 0 Å². The van der Waals surface area contributed by atoms with E-state index in [1.54, 1.807) is 13.8 Å². The number of aryl methyl sites for hydroxylation is 1. The maximum Gasteiger partial charge on any atom is 0.438 e. The predicted molar refractivity (Wildman–Crippen MR) is 70.4 cm³/mol. The molecule has 0 saturated heterocycles.